The fourth-order valence-electron chi connectivity index (χ4n) is 2.43. The van der Waals surface area contributed by atoms with Crippen LogP contribution in [0, 0.1) is 0 Å². The number of fused-ring (bicyclic) bond motifs is 1. The van der Waals surface area contributed by atoms with Gasteiger partial charge in [0.05, 0.1) is 12.2 Å². The number of anilines is 2. The Kier molecular flexibility index (Phi) is 3.56. The molecule has 21 heavy (non-hydrogen) atoms. The molecule has 5 heteroatoms. The number of amides is 1. The lowest BCUT2D eigenvalue weighted by Crippen LogP contribution is -2.34. The van der Waals surface area contributed by atoms with Crippen LogP contribution in [-0.4, -0.2) is 16.6 Å². The van der Waals surface area contributed by atoms with Gasteiger partial charge in [0.25, 0.3) is 5.91 Å². The van der Waals surface area contributed by atoms with Gasteiger partial charge in [-0.2, -0.15) is 0 Å². The molecule has 0 fully saturated rings. The van der Waals surface area contributed by atoms with E-state index in [4.69, 9.17) is 4.74 Å². The first-order chi connectivity index (χ1) is 10.2. The Hall–Kier alpha value is -2.43. The Balaban J connectivity index is 1.73. The molecular weight excluding hydrogens is 266 g/mol. The number of nitrogens with zero attached hydrogens (tertiary/aromatic N) is 1. The van der Waals surface area contributed by atoms with E-state index in [-0.39, 0.29) is 5.91 Å². The number of ether oxygens (including phenoxy) is 1. The van der Waals surface area contributed by atoms with Crippen molar-refractivity contribution in [1.82, 2.24) is 4.57 Å². The monoisotopic (exact) mass is 285 g/mol. The zero-order chi connectivity index (χ0) is 14.8. The van der Waals surface area contributed by atoms with Gasteiger partial charge in [-0.1, -0.05) is 0 Å². The average Bonchev–Trinajstić information content (AvgIpc) is 2.94. The molecule has 110 valence electrons. The number of hydrogen-bond donors (Lipinski definition) is 2. The number of carbonyl (C=O) groups is 1. The van der Waals surface area contributed by atoms with Crippen LogP contribution in [0.2, 0.25) is 0 Å². The maximum absolute atomic E-state index is 11.6. The largest absolute Gasteiger partial charge is 0.479 e. The van der Waals surface area contributed by atoms with E-state index in [1.165, 1.54) is 5.69 Å². The van der Waals surface area contributed by atoms with Crippen molar-refractivity contribution in [2.45, 2.75) is 33.0 Å². The van der Waals surface area contributed by atoms with Crippen LogP contribution in [0.25, 0.3) is 0 Å². The number of carbonyl (C=O) groups excluding carboxylic acids is 1. The van der Waals surface area contributed by atoms with Gasteiger partial charge < -0.3 is 19.9 Å². The fourth-order valence-corrected chi connectivity index (χ4v) is 2.43. The van der Waals surface area contributed by atoms with Gasteiger partial charge >= 0.3 is 0 Å². The summed E-state index contributed by atoms with van der Waals surface area (Å²) in [5.41, 5.74) is 2.90. The van der Waals surface area contributed by atoms with Crippen molar-refractivity contribution in [2.24, 2.45) is 0 Å². The highest BCUT2D eigenvalue weighted by molar-refractivity contribution is 5.98. The maximum Gasteiger partial charge on any atom is 0.265 e. The highest BCUT2D eigenvalue weighted by Gasteiger charge is 2.23. The SMILES string of the molecule is CCn1cccc1CNc1ccc2c(c1)NC(=O)C(C)O2. The van der Waals surface area contributed by atoms with E-state index in [1.807, 2.05) is 24.3 Å². The Morgan fingerprint density at radius 1 is 1.38 bits per heavy atom. The van der Waals surface area contributed by atoms with Crippen LogP contribution in [0.1, 0.15) is 19.5 Å². The van der Waals surface area contributed by atoms with E-state index in [9.17, 15) is 4.79 Å². The third-order valence-corrected chi connectivity index (χ3v) is 3.65. The summed E-state index contributed by atoms with van der Waals surface area (Å²) in [6, 6.07) is 9.89. The predicted octanol–water partition coefficient (Wildman–Crippen LogP) is 2.84. The molecule has 1 aromatic carbocycles. The number of rotatable bonds is 4. The molecular formula is C16H19N3O2. The van der Waals surface area contributed by atoms with E-state index < -0.39 is 6.10 Å². The molecule has 5 nitrogen and oxygen atoms in total. The molecule has 0 radical (unpaired) electrons. The number of hydrogen-bond acceptors (Lipinski definition) is 3. The average molecular weight is 285 g/mol. The number of aromatic nitrogens is 1. The Morgan fingerprint density at radius 2 is 2.24 bits per heavy atom. The van der Waals surface area contributed by atoms with Gasteiger partial charge in [-0.05, 0) is 44.2 Å². The van der Waals surface area contributed by atoms with Crippen LogP contribution in [0.3, 0.4) is 0 Å². The molecule has 3 rings (SSSR count). The third-order valence-electron chi connectivity index (χ3n) is 3.65. The number of nitrogens with one attached hydrogen (secondary N) is 2. The van der Waals surface area contributed by atoms with Crippen molar-refractivity contribution in [3.05, 3.63) is 42.2 Å². The molecule has 2 aromatic rings. The van der Waals surface area contributed by atoms with Gasteiger partial charge in [0.15, 0.2) is 6.10 Å². The summed E-state index contributed by atoms with van der Waals surface area (Å²) >= 11 is 0. The van der Waals surface area contributed by atoms with E-state index in [1.54, 1.807) is 6.92 Å². The van der Waals surface area contributed by atoms with Crippen LogP contribution < -0.4 is 15.4 Å². The molecule has 2 heterocycles. The van der Waals surface area contributed by atoms with Crippen LogP contribution in [0.4, 0.5) is 11.4 Å². The van der Waals surface area contributed by atoms with Gasteiger partial charge in [-0.3, -0.25) is 4.79 Å². The molecule has 1 atom stereocenters. The molecule has 1 amide bonds. The highest BCUT2D eigenvalue weighted by Crippen LogP contribution is 2.32. The molecule has 2 N–H and O–H groups in total. The van der Waals surface area contributed by atoms with Crippen molar-refractivity contribution in [3.63, 3.8) is 0 Å². The Morgan fingerprint density at radius 3 is 3.05 bits per heavy atom. The van der Waals surface area contributed by atoms with Gasteiger partial charge in [0.1, 0.15) is 5.75 Å². The molecule has 0 aliphatic carbocycles. The maximum atomic E-state index is 11.6. The molecule has 1 aliphatic rings. The summed E-state index contributed by atoms with van der Waals surface area (Å²) < 4.78 is 7.73. The fraction of sp³-hybridized carbons (Fsp3) is 0.312. The summed E-state index contributed by atoms with van der Waals surface area (Å²) in [7, 11) is 0. The highest BCUT2D eigenvalue weighted by atomic mass is 16.5. The van der Waals surface area contributed by atoms with Crippen LogP contribution in [0.15, 0.2) is 36.5 Å². The smallest absolute Gasteiger partial charge is 0.265 e. The topological polar surface area (TPSA) is 55.3 Å². The minimum absolute atomic E-state index is 0.112. The second kappa shape index (κ2) is 5.52. The standard InChI is InChI=1S/C16H19N3O2/c1-3-19-8-4-5-13(19)10-17-12-6-7-15-14(9-12)18-16(20)11(2)21-15/h4-9,11,17H,3,10H2,1-2H3,(H,18,20). The minimum Gasteiger partial charge on any atom is -0.479 e. The van der Waals surface area contributed by atoms with Crippen molar-refractivity contribution < 1.29 is 9.53 Å². The van der Waals surface area contributed by atoms with E-state index in [0.29, 0.717) is 11.4 Å². The van der Waals surface area contributed by atoms with Gasteiger partial charge in [-0.15, -0.1) is 0 Å². The van der Waals surface area contributed by atoms with Gasteiger partial charge in [0.2, 0.25) is 0 Å². The quantitative estimate of drug-likeness (QED) is 0.908. The summed E-state index contributed by atoms with van der Waals surface area (Å²) in [6.45, 7) is 5.56. The van der Waals surface area contributed by atoms with E-state index >= 15 is 0 Å². The van der Waals surface area contributed by atoms with E-state index in [2.05, 4.69) is 34.4 Å². The lowest BCUT2D eigenvalue weighted by molar-refractivity contribution is -0.122. The number of aryl methyl sites for hydroxylation is 1. The van der Waals surface area contributed by atoms with Crippen LogP contribution in [-0.2, 0) is 17.9 Å². The Bertz CT molecular complexity index is 663. The molecule has 0 saturated heterocycles. The van der Waals surface area contributed by atoms with E-state index in [0.717, 1.165) is 18.8 Å². The van der Waals surface area contributed by atoms with Crippen molar-refractivity contribution in [3.8, 4) is 5.75 Å². The lowest BCUT2D eigenvalue weighted by atomic mass is 10.2. The van der Waals surface area contributed by atoms with Crippen LogP contribution in [0.5, 0.6) is 5.75 Å². The summed E-state index contributed by atoms with van der Waals surface area (Å²) in [6.07, 6.45) is 1.63. The lowest BCUT2D eigenvalue weighted by Gasteiger charge is -2.23. The molecule has 1 unspecified atom stereocenters. The first-order valence-electron chi connectivity index (χ1n) is 7.17. The molecule has 0 saturated carbocycles. The zero-order valence-electron chi connectivity index (χ0n) is 12.2. The molecule has 1 aromatic heterocycles. The summed E-state index contributed by atoms with van der Waals surface area (Å²) in [4.78, 5) is 11.6. The third kappa shape index (κ3) is 2.72. The van der Waals surface area contributed by atoms with Gasteiger partial charge in [-0.25, -0.2) is 0 Å². The summed E-state index contributed by atoms with van der Waals surface area (Å²) in [5.74, 6) is 0.601. The second-order valence-electron chi connectivity index (χ2n) is 5.10. The van der Waals surface area contributed by atoms with Crippen molar-refractivity contribution in [1.29, 1.82) is 0 Å². The van der Waals surface area contributed by atoms with Crippen molar-refractivity contribution >= 4 is 17.3 Å². The first-order valence-corrected chi connectivity index (χ1v) is 7.17. The molecule has 1 aliphatic heterocycles. The summed E-state index contributed by atoms with van der Waals surface area (Å²) in [5, 5.41) is 6.23. The number of benzene rings is 1. The van der Waals surface area contributed by atoms with Crippen LogP contribution >= 0.6 is 0 Å². The molecule has 0 bridgehead atoms. The normalized spacial score (nSPS) is 16.9. The second-order valence-corrected chi connectivity index (χ2v) is 5.10. The molecule has 0 spiro atoms. The Labute approximate surface area is 123 Å². The zero-order valence-corrected chi connectivity index (χ0v) is 12.2. The minimum atomic E-state index is -0.441. The predicted molar refractivity (Wildman–Crippen MR) is 82.6 cm³/mol. The van der Waals surface area contributed by atoms with Crippen molar-refractivity contribution in [2.75, 3.05) is 10.6 Å². The first kappa shape index (κ1) is 13.5. The van der Waals surface area contributed by atoms with Gasteiger partial charge in [0, 0.05) is 24.1 Å².